The number of carbonyl (C=O) groups excluding carboxylic acids is 2. The van der Waals surface area contributed by atoms with Crippen molar-refractivity contribution in [2.24, 2.45) is 10.2 Å². The van der Waals surface area contributed by atoms with Crippen LogP contribution in [0.25, 0.3) is 6.08 Å². The molecule has 0 radical (unpaired) electrons. The molecule has 40 heavy (non-hydrogen) atoms. The summed E-state index contributed by atoms with van der Waals surface area (Å²) in [7, 11) is 0. The summed E-state index contributed by atoms with van der Waals surface area (Å²) < 4.78 is 5.75. The van der Waals surface area contributed by atoms with Crippen molar-refractivity contribution in [3.8, 4) is 0 Å². The van der Waals surface area contributed by atoms with Gasteiger partial charge in [-0.3, -0.25) is 4.79 Å². The summed E-state index contributed by atoms with van der Waals surface area (Å²) in [6.07, 6.45) is 28.0. The predicted molar refractivity (Wildman–Crippen MR) is 167 cm³/mol. The zero-order valence-electron chi connectivity index (χ0n) is 24.2. The Bertz CT molecular complexity index is 1130. The number of allylic oxidation sites excluding steroid dienone is 5. The number of aliphatic hydroxyl groups excluding tert-OH is 1. The number of aromatic nitrogens is 2. The van der Waals surface area contributed by atoms with E-state index in [2.05, 4.69) is 27.3 Å². The minimum Gasteiger partial charge on any atom is -0.506 e. The molecule has 0 fully saturated rings. The van der Waals surface area contributed by atoms with Gasteiger partial charge in [-0.25, -0.2) is 4.42 Å². The number of ketones is 1. The van der Waals surface area contributed by atoms with Gasteiger partial charge in [-0.15, -0.1) is 15.3 Å². The summed E-state index contributed by atoms with van der Waals surface area (Å²) >= 11 is 2.75. The summed E-state index contributed by atoms with van der Waals surface area (Å²) in [5, 5.41) is 29.0. The second kappa shape index (κ2) is 18.9. The average Bonchev–Trinajstić information content (AvgIpc) is 3.59. The quantitative estimate of drug-likeness (QED) is 0.0932. The Morgan fingerprint density at radius 2 is 1.38 bits per heavy atom. The molecule has 3 rings (SSSR count). The molecule has 9 heteroatoms. The zero-order chi connectivity index (χ0) is 28.4. The van der Waals surface area contributed by atoms with Crippen molar-refractivity contribution in [2.75, 3.05) is 6.61 Å². The molecule has 1 aliphatic carbocycles. The number of amides is 1. The Morgan fingerprint density at radius 1 is 0.775 bits per heavy atom. The van der Waals surface area contributed by atoms with Crippen LogP contribution in [0.4, 0.5) is 4.42 Å². The van der Waals surface area contributed by atoms with Gasteiger partial charge in [0.25, 0.3) is 6.61 Å². The van der Waals surface area contributed by atoms with E-state index in [0.717, 1.165) is 11.4 Å². The summed E-state index contributed by atoms with van der Waals surface area (Å²) in [6, 6.07) is 0. The molecule has 2 heterocycles. The van der Waals surface area contributed by atoms with Crippen molar-refractivity contribution in [3.63, 3.8) is 0 Å². The highest BCUT2D eigenvalue weighted by atomic mass is 32.2. The van der Waals surface area contributed by atoms with Crippen LogP contribution in [0.2, 0.25) is 0 Å². The fourth-order valence-electron chi connectivity index (χ4n) is 4.60. The number of carbonyl (C=O) groups is 1. The molecule has 1 aliphatic heterocycles. The highest BCUT2D eigenvalue weighted by molar-refractivity contribution is 8.17. The van der Waals surface area contributed by atoms with Crippen molar-refractivity contribution < 1.29 is 14.3 Å². The first-order valence-electron chi connectivity index (χ1n) is 15.1. The number of rotatable bonds is 20. The topological polar surface area (TPSA) is 99.1 Å². The van der Waals surface area contributed by atoms with Crippen molar-refractivity contribution in [3.05, 3.63) is 50.2 Å². The molecule has 0 unspecified atom stereocenters. The molecule has 0 saturated heterocycles. The normalized spacial score (nSPS) is 18.4. The number of azo groups is 1. The maximum atomic E-state index is 12.4. The standard InChI is InChI=1S/C31H44N4O3S2/c1-3-4-5-6-7-8-9-10-11-12-13-14-15-16-17-18-23-38-31-35-34-28(40-31)22-20-26-29(36)25(30(26)37)19-21-27-33-32-24(2)39-27/h19-22H,3-18,23H2,1-2H3/p+1/b28-22-. The molecule has 2 aliphatic rings. The highest BCUT2D eigenvalue weighted by Gasteiger charge is 2.31. The van der Waals surface area contributed by atoms with Gasteiger partial charge in [0.05, 0.1) is 22.9 Å². The van der Waals surface area contributed by atoms with Gasteiger partial charge < -0.3 is 5.11 Å². The number of aryl methyl sites for hydroxylation is 1. The third-order valence-corrected chi connectivity index (χ3v) is 8.58. The second-order valence-electron chi connectivity index (χ2n) is 10.4. The SMILES string of the molecule is CCCCCCCCCCCCCCCCCC/[O+]=C1N=N/C(=C/C=C2/C(=O)C(/C=C/c3nnc(C)s3)=C2O)S\1. The largest absolute Gasteiger partial charge is 0.506 e. The summed E-state index contributed by atoms with van der Waals surface area (Å²) in [4.78, 5) is 12.4. The van der Waals surface area contributed by atoms with Gasteiger partial charge in [0.1, 0.15) is 20.8 Å². The molecule has 0 saturated carbocycles. The van der Waals surface area contributed by atoms with Crippen LogP contribution in [0.15, 0.2) is 50.4 Å². The van der Waals surface area contributed by atoms with Crippen LogP contribution in [0, 0.1) is 6.92 Å². The predicted octanol–water partition coefficient (Wildman–Crippen LogP) is 10.1. The van der Waals surface area contributed by atoms with Crippen molar-refractivity contribution in [1.82, 2.24) is 10.2 Å². The molecular formula is C31H45N4O3S2+. The molecule has 1 aromatic rings. The van der Waals surface area contributed by atoms with Crippen LogP contribution >= 0.6 is 23.1 Å². The van der Waals surface area contributed by atoms with Crippen LogP contribution in [0.1, 0.15) is 120 Å². The average molecular weight is 586 g/mol. The zero-order valence-corrected chi connectivity index (χ0v) is 25.8. The summed E-state index contributed by atoms with van der Waals surface area (Å²) in [5.41, 5.74) is 0.534. The first-order valence-corrected chi connectivity index (χ1v) is 16.7. The minimum atomic E-state index is -0.212. The van der Waals surface area contributed by atoms with E-state index in [1.54, 1.807) is 24.3 Å². The number of hydrogen-bond acceptors (Lipinski definition) is 7. The first-order chi connectivity index (χ1) is 19.6. The van der Waals surface area contributed by atoms with Crippen molar-refractivity contribution in [2.45, 2.75) is 117 Å². The Balaban J connectivity index is 1.20. The molecule has 0 aromatic carbocycles. The van der Waals surface area contributed by atoms with Crippen molar-refractivity contribution >= 4 is 40.2 Å². The number of thioether (sulfide) groups is 1. The Kier molecular flexibility index (Phi) is 15.2. The first kappa shape index (κ1) is 32.1. The van der Waals surface area contributed by atoms with Gasteiger partial charge in [-0.2, -0.15) is 0 Å². The maximum Gasteiger partial charge on any atom is 0.505 e. The van der Waals surface area contributed by atoms with E-state index in [0.29, 0.717) is 21.9 Å². The van der Waals surface area contributed by atoms with Gasteiger partial charge in [-0.05, 0) is 42.8 Å². The maximum absolute atomic E-state index is 12.4. The Morgan fingerprint density at radius 3 is 1.93 bits per heavy atom. The van der Waals surface area contributed by atoms with E-state index >= 15 is 0 Å². The Hall–Kier alpha value is -2.39. The third-order valence-electron chi connectivity index (χ3n) is 6.97. The monoisotopic (exact) mass is 585 g/mol. The van der Waals surface area contributed by atoms with Gasteiger partial charge >= 0.3 is 5.24 Å². The highest BCUT2D eigenvalue weighted by Crippen LogP contribution is 2.33. The van der Waals surface area contributed by atoms with E-state index in [1.807, 2.05) is 6.92 Å². The van der Waals surface area contributed by atoms with Crippen LogP contribution in [0.3, 0.4) is 0 Å². The molecule has 0 atom stereocenters. The lowest BCUT2D eigenvalue weighted by Gasteiger charge is -2.17. The van der Waals surface area contributed by atoms with Crippen LogP contribution in [0.5, 0.6) is 0 Å². The van der Waals surface area contributed by atoms with Gasteiger partial charge in [0, 0.05) is 6.42 Å². The minimum absolute atomic E-state index is 0.0248. The fourth-order valence-corrected chi connectivity index (χ4v) is 5.82. The van der Waals surface area contributed by atoms with Gasteiger partial charge in [0.2, 0.25) is 5.78 Å². The number of nitrogens with zero attached hydrogens (tertiary/aromatic N) is 4. The molecule has 0 bridgehead atoms. The Labute approximate surface area is 247 Å². The number of hydrogen-bond donors (Lipinski definition) is 1. The van der Waals surface area contributed by atoms with Crippen LogP contribution in [-0.4, -0.2) is 32.9 Å². The van der Waals surface area contributed by atoms with E-state index in [4.69, 9.17) is 4.42 Å². The lowest BCUT2D eigenvalue weighted by molar-refractivity contribution is -0.132. The number of Topliss-reactive ketones (excluding diaryl/α,β-unsaturated/α-hetero) is 1. The third kappa shape index (κ3) is 11.6. The fraction of sp³-hybridized carbons (Fsp3) is 0.613. The number of unbranched alkanes of at least 4 members (excludes halogenated alkanes) is 15. The molecule has 1 N–H and O–H groups in total. The second-order valence-corrected chi connectivity index (χ2v) is 12.6. The number of aliphatic hydroxyl groups is 1. The molecule has 7 nitrogen and oxygen atoms in total. The smallest absolute Gasteiger partial charge is 0.505 e. The lowest BCUT2D eigenvalue weighted by atomic mass is 9.87. The van der Waals surface area contributed by atoms with Crippen LogP contribution in [-0.2, 0) is 4.79 Å². The summed E-state index contributed by atoms with van der Waals surface area (Å²) in [5.74, 6) is -0.237. The lowest BCUT2D eigenvalue weighted by Crippen LogP contribution is -2.20. The van der Waals surface area contributed by atoms with E-state index in [-0.39, 0.29) is 22.7 Å². The van der Waals surface area contributed by atoms with Gasteiger partial charge in [0.15, 0.2) is 0 Å². The molecule has 218 valence electrons. The summed E-state index contributed by atoms with van der Waals surface area (Å²) in [6.45, 7) is 4.78. The molecular weight excluding hydrogens is 541 g/mol. The van der Waals surface area contributed by atoms with E-state index in [9.17, 15) is 9.90 Å². The molecule has 1 amide bonds. The van der Waals surface area contributed by atoms with Crippen LogP contribution < -0.4 is 0 Å². The molecule has 1 aromatic heterocycles. The van der Waals surface area contributed by atoms with Gasteiger partial charge in [-0.1, -0.05) is 108 Å². The van der Waals surface area contributed by atoms with E-state index < -0.39 is 0 Å². The molecule has 0 spiro atoms. The van der Waals surface area contributed by atoms with E-state index in [1.165, 1.54) is 119 Å². The van der Waals surface area contributed by atoms with Crippen molar-refractivity contribution in [1.29, 1.82) is 0 Å².